The van der Waals surface area contributed by atoms with Crippen molar-refractivity contribution in [2.45, 2.75) is 25.7 Å². The predicted octanol–water partition coefficient (Wildman–Crippen LogP) is 1.63. The molecule has 0 aromatic heterocycles. The Morgan fingerprint density at radius 1 is 1.06 bits per heavy atom. The molecule has 0 aliphatic rings. The van der Waals surface area contributed by atoms with Crippen LogP contribution in [0.15, 0.2) is 12.2 Å². The van der Waals surface area contributed by atoms with E-state index in [9.17, 15) is 14.4 Å². The third-order valence-electron chi connectivity index (χ3n) is 2.03. The van der Waals surface area contributed by atoms with Crippen LogP contribution in [0.1, 0.15) is 25.7 Å². The number of allylic oxidation sites excluding steroid dienone is 1. The molecule has 0 saturated heterocycles. The van der Waals surface area contributed by atoms with Gasteiger partial charge in [0.2, 0.25) is 0 Å². The van der Waals surface area contributed by atoms with Crippen LogP contribution in [0, 0.1) is 0 Å². The van der Waals surface area contributed by atoms with Gasteiger partial charge in [0.05, 0.1) is 14.2 Å². The van der Waals surface area contributed by atoms with Crippen LogP contribution in [-0.4, -0.2) is 38.7 Å². The molecule has 0 aliphatic carbocycles. The lowest BCUT2D eigenvalue weighted by Crippen LogP contribution is -2.08. The number of ether oxygens (including phenoxy) is 3. The first-order chi connectivity index (χ1) is 8.60. The average Bonchev–Trinajstić information content (AvgIpc) is 2.36. The SMILES string of the molecule is COC(=O)CC(=O)CCC/C=C/COC(=O)OC. The molecule has 6 heteroatoms. The maximum Gasteiger partial charge on any atom is 0.508 e. The third-order valence-corrected chi connectivity index (χ3v) is 2.03. The van der Waals surface area contributed by atoms with Crippen molar-refractivity contribution in [1.29, 1.82) is 0 Å². The number of Topliss-reactive ketones (excluding diaryl/α,β-unsaturated/α-hetero) is 1. The first-order valence-electron chi connectivity index (χ1n) is 5.54. The van der Waals surface area contributed by atoms with Gasteiger partial charge >= 0.3 is 12.1 Å². The van der Waals surface area contributed by atoms with Crippen LogP contribution in [0.2, 0.25) is 0 Å². The summed E-state index contributed by atoms with van der Waals surface area (Å²) >= 11 is 0. The molecule has 0 rings (SSSR count). The number of rotatable bonds is 8. The predicted molar refractivity (Wildman–Crippen MR) is 63.0 cm³/mol. The molecule has 102 valence electrons. The van der Waals surface area contributed by atoms with Crippen molar-refractivity contribution < 1.29 is 28.6 Å². The van der Waals surface area contributed by atoms with Gasteiger partial charge in [-0.3, -0.25) is 9.59 Å². The second kappa shape index (κ2) is 10.3. The van der Waals surface area contributed by atoms with Gasteiger partial charge in [-0.25, -0.2) is 4.79 Å². The number of esters is 1. The molecule has 0 heterocycles. The molecule has 0 atom stereocenters. The van der Waals surface area contributed by atoms with Crippen molar-refractivity contribution in [2.24, 2.45) is 0 Å². The fraction of sp³-hybridized carbons (Fsp3) is 0.583. The quantitative estimate of drug-likeness (QED) is 0.285. The summed E-state index contributed by atoms with van der Waals surface area (Å²) in [4.78, 5) is 32.5. The van der Waals surface area contributed by atoms with Gasteiger partial charge in [-0.1, -0.05) is 12.2 Å². The smallest absolute Gasteiger partial charge is 0.469 e. The molecule has 0 saturated carbocycles. The lowest BCUT2D eigenvalue weighted by Gasteiger charge is -1.99. The van der Waals surface area contributed by atoms with E-state index in [1.165, 1.54) is 14.2 Å². The molecule has 18 heavy (non-hydrogen) atoms. The summed E-state index contributed by atoms with van der Waals surface area (Å²) in [7, 11) is 2.48. The van der Waals surface area contributed by atoms with Crippen molar-refractivity contribution in [3.8, 4) is 0 Å². The van der Waals surface area contributed by atoms with Gasteiger partial charge in [-0.15, -0.1) is 0 Å². The van der Waals surface area contributed by atoms with Gasteiger partial charge in [-0.2, -0.15) is 0 Å². The van der Waals surface area contributed by atoms with Gasteiger partial charge in [0.1, 0.15) is 18.8 Å². The van der Waals surface area contributed by atoms with Crippen molar-refractivity contribution in [1.82, 2.24) is 0 Å². The molecular formula is C12H18O6. The normalized spacial score (nSPS) is 10.1. The average molecular weight is 258 g/mol. The Labute approximate surface area is 106 Å². The molecule has 0 bridgehead atoms. The van der Waals surface area contributed by atoms with E-state index in [1.54, 1.807) is 12.2 Å². The zero-order valence-electron chi connectivity index (χ0n) is 10.6. The standard InChI is InChI=1S/C12H18O6/c1-16-11(14)9-10(13)7-5-3-4-6-8-18-12(15)17-2/h4,6H,3,5,7-9H2,1-2H3/b6-4+. The first kappa shape index (κ1) is 16.1. The second-order valence-electron chi connectivity index (χ2n) is 3.42. The van der Waals surface area contributed by atoms with Crippen molar-refractivity contribution in [3.63, 3.8) is 0 Å². The molecule has 0 amide bonds. The highest BCUT2D eigenvalue weighted by Gasteiger charge is 2.08. The van der Waals surface area contributed by atoms with Crippen LogP contribution in [0.3, 0.4) is 0 Å². The van der Waals surface area contributed by atoms with Crippen LogP contribution >= 0.6 is 0 Å². The second-order valence-corrected chi connectivity index (χ2v) is 3.42. The Kier molecular flexibility index (Phi) is 9.25. The molecule has 0 aromatic rings. The fourth-order valence-corrected chi connectivity index (χ4v) is 1.10. The molecule has 0 aromatic carbocycles. The maximum atomic E-state index is 11.2. The molecule has 0 aliphatic heterocycles. The third kappa shape index (κ3) is 9.38. The van der Waals surface area contributed by atoms with Gasteiger partial charge in [0.15, 0.2) is 0 Å². The van der Waals surface area contributed by atoms with E-state index in [0.717, 1.165) is 0 Å². The largest absolute Gasteiger partial charge is 0.508 e. The Balaban J connectivity index is 3.49. The van der Waals surface area contributed by atoms with E-state index >= 15 is 0 Å². The summed E-state index contributed by atoms with van der Waals surface area (Å²) in [5, 5.41) is 0. The molecular weight excluding hydrogens is 240 g/mol. The minimum absolute atomic E-state index is 0.138. The van der Waals surface area contributed by atoms with Gasteiger partial charge in [0, 0.05) is 6.42 Å². The van der Waals surface area contributed by atoms with E-state index < -0.39 is 12.1 Å². The van der Waals surface area contributed by atoms with E-state index in [2.05, 4.69) is 14.2 Å². The number of ketones is 1. The van der Waals surface area contributed by atoms with Crippen LogP contribution in [-0.2, 0) is 23.8 Å². The van der Waals surface area contributed by atoms with E-state index in [-0.39, 0.29) is 18.8 Å². The molecule has 0 unspecified atom stereocenters. The van der Waals surface area contributed by atoms with Crippen LogP contribution in [0.25, 0.3) is 0 Å². The fourth-order valence-electron chi connectivity index (χ4n) is 1.10. The summed E-state index contributed by atoms with van der Waals surface area (Å²) in [6.07, 6.45) is 4.22. The topological polar surface area (TPSA) is 78.9 Å². The number of unbranched alkanes of at least 4 members (excludes halogenated alkanes) is 1. The highest BCUT2D eigenvalue weighted by molar-refractivity contribution is 5.95. The van der Waals surface area contributed by atoms with E-state index in [4.69, 9.17) is 0 Å². The van der Waals surface area contributed by atoms with Crippen LogP contribution in [0.5, 0.6) is 0 Å². The molecule has 0 radical (unpaired) electrons. The Morgan fingerprint density at radius 2 is 1.78 bits per heavy atom. The minimum atomic E-state index is -0.729. The molecule has 0 N–H and O–H groups in total. The van der Waals surface area contributed by atoms with E-state index in [0.29, 0.717) is 19.3 Å². The monoisotopic (exact) mass is 258 g/mol. The molecule has 0 fully saturated rings. The van der Waals surface area contributed by atoms with Crippen molar-refractivity contribution in [3.05, 3.63) is 12.2 Å². The Hall–Kier alpha value is -1.85. The highest BCUT2D eigenvalue weighted by Crippen LogP contribution is 2.01. The molecule has 6 nitrogen and oxygen atoms in total. The zero-order chi connectivity index (χ0) is 13.8. The van der Waals surface area contributed by atoms with Gasteiger partial charge < -0.3 is 14.2 Å². The minimum Gasteiger partial charge on any atom is -0.469 e. The number of hydrogen-bond donors (Lipinski definition) is 0. The zero-order valence-corrected chi connectivity index (χ0v) is 10.6. The Morgan fingerprint density at radius 3 is 2.39 bits per heavy atom. The van der Waals surface area contributed by atoms with Crippen molar-refractivity contribution in [2.75, 3.05) is 20.8 Å². The van der Waals surface area contributed by atoms with Gasteiger partial charge in [0.25, 0.3) is 0 Å². The van der Waals surface area contributed by atoms with Crippen LogP contribution in [0.4, 0.5) is 4.79 Å². The summed E-state index contributed by atoms with van der Waals surface area (Å²) < 4.78 is 13.3. The highest BCUT2D eigenvalue weighted by atomic mass is 16.7. The van der Waals surface area contributed by atoms with Gasteiger partial charge in [-0.05, 0) is 12.8 Å². The number of hydrogen-bond acceptors (Lipinski definition) is 6. The summed E-state index contributed by atoms with van der Waals surface area (Å²) in [6, 6.07) is 0. The van der Waals surface area contributed by atoms with Crippen LogP contribution < -0.4 is 0 Å². The maximum absolute atomic E-state index is 11.2. The lowest BCUT2D eigenvalue weighted by molar-refractivity contribution is -0.143. The summed E-state index contributed by atoms with van der Waals surface area (Å²) in [6.45, 7) is 0.142. The van der Waals surface area contributed by atoms with E-state index in [1.807, 2.05) is 0 Å². The van der Waals surface area contributed by atoms with Crippen molar-refractivity contribution >= 4 is 17.9 Å². The lowest BCUT2D eigenvalue weighted by atomic mass is 10.1. The number of carbonyl (C=O) groups excluding carboxylic acids is 3. The Bertz CT molecular complexity index is 308. The first-order valence-corrected chi connectivity index (χ1v) is 5.54. The number of carbonyl (C=O) groups is 3. The molecule has 0 spiro atoms. The summed E-state index contributed by atoms with van der Waals surface area (Å²) in [5.74, 6) is -0.650. The number of methoxy groups -OCH3 is 2. The summed E-state index contributed by atoms with van der Waals surface area (Å²) in [5.41, 5.74) is 0.